The lowest BCUT2D eigenvalue weighted by molar-refractivity contribution is 0.00812. The summed E-state index contributed by atoms with van der Waals surface area (Å²) in [5.74, 6) is -4.30. The number of aromatic nitrogens is 6. The average Bonchev–Trinajstić information content (AvgIpc) is 3.32. The van der Waals surface area contributed by atoms with Crippen molar-refractivity contribution in [3.05, 3.63) is 40.9 Å². The van der Waals surface area contributed by atoms with Crippen LogP contribution in [0.1, 0.15) is 23.1 Å². The molecule has 0 aliphatic rings. The summed E-state index contributed by atoms with van der Waals surface area (Å²) in [6, 6.07) is 3.00. The van der Waals surface area contributed by atoms with E-state index in [0.717, 1.165) is 6.92 Å². The van der Waals surface area contributed by atoms with Gasteiger partial charge >= 0.3 is 5.92 Å². The Bertz CT molecular complexity index is 1160. The smallest absolute Gasteiger partial charge is 0.303 e. The van der Waals surface area contributed by atoms with Crippen LogP contribution < -0.4 is 5.73 Å². The molecule has 0 fully saturated rings. The highest BCUT2D eigenvalue weighted by molar-refractivity contribution is 6.36. The van der Waals surface area contributed by atoms with Crippen molar-refractivity contribution in [2.45, 2.75) is 12.8 Å². The first kappa shape index (κ1) is 17.2. The van der Waals surface area contributed by atoms with E-state index in [0.29, 0.717) is 27.7 Å². The van der Waals surface area contributed by atoms with Crippen LogP contribution in [0.3, 0.4) is 0 Å². The minimum absolute atomic E-state index is 0.0932. The van der Waals surface area contributed by atoms with Crippen LogP contribution in [0.4, 0.5) is 8.78 Å². The summed E-state index contributed by atoms with van der Waals surface area (Å²) in [4.78, 5) is 17.2. The molecule has 0 aliphatic heterocycles. The summed E-state index contributed by atoms with van der Waals surface area (Å²) >= 11 is 6.29. The zero-order chi connectivity index (χ0) is 19.3. The van der Waals surface area contributed by atoms with E-state index < -0.39 is 17.7 Å². The number of benzene rings is 1. The molecule has 0 saturated heterocycles. The standard InChI is InChI=1S/C16H12ClF2N7O/c1-16(18,19)15-24-14(25-26-15)12-10(7-4-21-22-5-7)8-2-6(13(20)27)3-9(17)11(8)23-12/h2-5,23H,1H3,(H2,20,27)(H,21,22)(H,24,25,26). The molecule has 4 aromatic rings. The number of amides is 1. The van der Waals surface area contributed by atoms with Crippen LogP contribution in [0.25, 0.3) is 33.5 Å². The van der Waals surface area contributed by atoms with Crippen molar-refractivity contribution >= 4 is 28.4 Å². The number of carbonyl (C=O) groups excluding carboxylic acids is 1. The molecule has 1 aromatic carbocycles. The second-order valence-electron chi connectivity index (χ2n) is 6.02. The van der Waals surface area contributed by atoms with E-state index in [4.69, 9.17) is 17.3 Å². The Hall–Kier alpha value is -3.27. The molecule has 3 heterocycles. The molecule has 0 bridgehead atoms. The lowest BCUT2D eigenvalue weighted by atomic mass is 10.0. The monoisotopic (exact) mass is 391 g/mol. The molecule has 8 nitrogen and oxygen atoms in total. The van der Waals surface area contributed by atoms with Crippen LogP contribution in [-0.2, 0) is 5.92 Å². The average molecular weight is 392 g/mol. The van der Waals surface area contributed by atoms with Crippen molar-refractivity contribution in [2.75, 3.05) is 0 Å². The van der Waals surface area contributed by atoms with E-state index in [9.17, 15) is 13.6 Å². The van der Waals surface area contributed by atoms with Gasteiger partial charge in [-0.05, 0) is 12.1 Å². The molecule has 4 rings (SSSR count). The number of hydrogen-bond acceptors (Lipinski definition) is 4. The molecule has 11 heteroatoms. The van der Waals surface area contributed by atoms with Gasteiger partial charge in [-0.25, -0.2) is 0 Å². The molecule has 0 atom stereocenters. The second-order valence-corrected chi connectivity index (χ2v) is 6.42. The highest BCUT2D eigenvalue weighted by Gasteiger charge is 2.30. The van der Waals surface area contributed by atoms with Gasteiger partial charge in [0.15, 0.2) is 5.82 Å². The number of aromatic amines is 3. The van der Waals surface area contributed by atoms with Gasteiger partial charge in [0.05, 0.1) is 22.4 Å². The van der Waals surface area contributed by atoms with Crippen molar-refractivity contribution in [3.8, 4) is 22.6 Å². The fourth-order valence-corrected chi connectivity index (χ4v) is 3.10. The van der Waals surface area contributed by atoms with Gasteiger partial charge in [0.25, 0.3) is 0 Å². The van der Waals surface area contributed by atoms with Crippen LogP contribution in [0.15, 0.2) is 24.5 Å². The van der Waals surface area contributed by atoms with Crippen molar-refractivity contribution in [3.63, 3.8) is 0 Å². The van der Waals surface area contributed by atoms with E-state index in [-0.39, 0.29) is 16.4 Å². The lowest BCUT2D eigenvalue weighted by Crippen LogP contribution is -2.10. The van der Waals surface area contributed by atoms with E-state index in [1.807, 2.05) is 0 Å². The van der Waals surface area contributed by atoms with Crippen LogP contribution in [0.2, 0.25) is 5.02 Å². The third-order valence-electron chi connectivity index (χ3n) is 4.07. The number of alkyl halides is 2. The minimum atomic E-state index is -3.18. The minimum Gasteiger partial charge on any atom is -0.366 e. The maximum Gasteiger partial charge on any atom is 0.303 e. The number of rotatable bonds is 4. The number of carbonyl (C=O) groups is 1. The number of hydrogen-bond donors (Lipinski definition) is 4. The maximum atomic E-state index is 13.5. The molecular formula is C16H12ClF2N7O. The SMILES string of the molecule is CC(F)(F)c1nnc(-c2[nH]c3c(Cl)cc(C(N)=O)cc3c2-c2cn[nH]c2)[nH]1. The fourth-order valence-electron chi connectivity index (χ4n) is 2.83. The van der Waals surface area contributed by atoms with Crippen LogP contribution in [0.5, 0.6) is 0 Å². The zero-order valence-electron chi connectivity index (χ0n) is 13.8. The maximum absolute atomic E-state index is 13.5. The zero-order valence-corrected chi connectivity index (χ0v) is 14.5. The number of halogens is 3. The second kappa shape index (κ2) is 5.88. The predicted molar refractivity (Wildman–Crippen MR) is 94.4 cm³/mol. The number of primary amides is 1. The third kappa shape index (κ3) is 2.83. The number of nitrogens with two attached hydrogens (primary N) is 1. The summed E-state index contributed by atoms with van der Waals surface area (Å²) < 4.78 is 27.1. The largest absolute Gasteiger partial charge is 0.366 e. The Balaban J connectivity index is 2.03. The van der Waals surface area contributed by atoms with Gasteiger partial charge in [0.1, 0.15) is 0 Å². The highest BCUT2D eigenvalue weighted by Crippen LogP contribution is 2.40. The first-order valence-corrected chi connectivity index (χ1v) is 8.09. The summed E-state index contributed by atoms with van der Waals surface area (Å²) in [6.07, 6.45) is 3.16. The Labute approximate surface area is 155 Å². The van der Waals surface area contributed by atoms with Gasteiger partial charge < -0.3 is 15.7 Å². The van der Waals surface area contributed by atoms with E-state index in [1.165, 1.54) is 6.07 Å². The topological polar surface area (TPSA) is 129 Å². The van der Waals surface area contributed by atoms with Crippen molar-refractivity contribution in [1.29, 1.82) is 0 Å². The summed E-state index contributed by atoms with van der Waals surface area (Å²) in [5, 5.41) is 14.8. The molecular weight excluding hydrogens is 380 g/mol. The van der Waals surface area contributed by atoms with Crippen LogP contribution in [-0.4, -0.2) is 36.3 Å². The summed E-state index contributed by atoms with van der Waals surface area (Å²) in [6.45, 7) is 0.718. The number of nitrogens with zero attached hydrogens (tertiary/aromatic N) is 3. The van der Waals surface area contributed by atoms with Gasteiger partial charge in [-0.1, -0.05) is 11.6 Å². The van der Waals surface area contributed by atoms with Gasteiger partial charge in [-0.15, -0.1) is 10.2 Å². The highest BCUT2D eigenvalue weighted by atomic mass is 35.5. The van der Waals surface area contributed by atoms with Gasteiger partial charge in [0.2, 0.25) is 11.7 Å². The molecule has 0 spiro atoms. The Morgan fingerprint density at radius 2 is 2.04 bits per heavy atom. The number of nitrogens with one attached hydrogen (secondary N) is 3. The fraction of sp³-hybridized carbons (Fsp3) is 0.125. The molecule has 0 saturated carbocycles. The molecule has 3 aromatic heterocycles. The van der Waals surface area contributed by atoms with Gasteiger partial charge in [-0.3, -0.25) is 9.89 Å². The Morgan fingerprint density at radius 3 is 2.63 bits per heavy atom. The van der Waals surface area contributed by atoms with E-state index in [1.54, 1.807) is 18.5 Å². The first-order chi connectivity index (χ1) is 12.8. The van der Waals surface area contributed by atoms with Crippen LogP contribution >= 0.6 is 11.6 Å². The molecule has 0 radical (unpaired) electrons. The lowest BCUT2D eigenvalue weighted by Gasteiger charge is -2.04. The van der Waals surface area contributed by atoms with E-state index >= 15 is 0 Å². The number of H-pyrrole nitrogens is 3. The molecule has 5 N–H and O–H groups in total. The Kier molecular flexibility index (Phi) is 3.74. The Morgan fingerprint density at radius 1 is 1.26 bits per heavy atom. The molecule has 138 valence electrons. The first-order valence-electron chi connectivity index (χ1n) is 7.71. The third-order valence-corrected chi connectivity index (χ3v) is 4.37. The van der Waals surface area contributed by atoms with E-state index in [2.05, 4.69) is 30.4 Å². The normalized spacial score (nSPS) is 12.0. The quantitative estimate of drug-likeness (QED) is 0.425. The van der Waals surface area contributed by atoms with Crippen molar-refractivity contribution < 1.29 is 13.6 Å². The van der Waals surface area contributed by atoms with Crippen LogP contribution in [0, 0.1) is 0 Å². The van der Waals surface area contributed by atoms with Gasteiger partial charge in [0, 0.05) is 35.2 Å². The summed E-state index contributed by atoms with van der Waals surface area (Å²) in [7, 11) is 0. The molecule has 1 amide bonds. The van der Waals surface area contributed by atoms with Gasteiger partial charge in [-0.2, -0.15) is 13.9 Å². The van der Waals surface area contributed by atoms with Crippen molar-refractivity contribution in [1.82, 2.24) is 30.4 Å². The molecule has 27 heavy (non-hydrogen) atoms. The van der Waals surface area contributed by atoms with Crippen molar-refractivity contribution in [2.24, 2.45) is 5.73 Å². The summed E-state index contributed by atoms with van der Waals surface area (Å²) in [5.41, 5.74) is 7.65. The molecule has 0 aliphatic carbocycles. The predicted octanol–water partition coefficient (Wildman–Crippen LogP) is 3.21. The molecule has 0 unspecified atom stereocenters. The number of fused-ring (bicyclic) bond motifs is 1.